The average molecular weight is 222 g/mol. The first kappa shape index (κ1) is 10.9. The van der Waals surface area contributed by atoms with Crippen LogP contribution < -0.4 is 10.6 Å². The van der Waals surface area contributed by atoms with E-state index in [9.17, 15) is 9.18 Å². The van der Waals surface area contributed by atoms with Crippen molar-refractivity contribution in [3.05, 3.63) is 23.5 Å². The smallest absolute Gasteiger partial charge is 0.229 e. The minimum Gasteiger partial charge on any atom is -0.383 e. The van der Waals surface area contributed by atoms with Gasteiger partial charge in [0, 0.05) is 6.54 Å². The van der Waals surface area contributed by atoms with Gasteiger partial charge in [-0.05, 0) is 31.0 Å². The second-order valence-electron chi connectivity index (χ2n) is 4.12. The minimum absolute atomic E-state index is 0.0444. The molecule has 1 aromatic carbocycles. The molecule has 0 radical (unpaired) electrons. The van der Waals surface area contributed by atoms with Crippen LogP contribution in [0.15, 0.2) is 12.1 Å². The molecule has 1 atom stereocenters. The van der Waals surface area contributed by atoms with Gasteiger partial charge in [-0.1, -0.05) is 6.92 Å². The first-order valence-corrected chi connectivity index (χ1v) is 5.46. The Morgan fingerprint density at radius 2 is 2.19 bits per heavy atom. The predicted octanol–water partition coefficient (Wildman–Crippen LogP) is 2.52. The van der Waals surface area contributed by atoms with Crippen molar-refractivity contribution in [3.8, 4) is 0 Å². The van der Waals surface area contributed by atoms with Gasteiger partial charge in [0.15, 0.2) is 0 Å². The van der Waals surface area contributed by atoms with Crippen molar-refractivity contribution in [2.24, 2.45) is 5.92 Å². The third-order valence-corrected chi connectivity index (χ3v) is 2.96. The van der Waals surface area contributed by atoms with Crippen LogP contribution in [0.3, 0.4) is 0 Å². The highest BCUT2D eigenvalue weighted by atomic mass is 19.1. The third-order valence-electron chi connectivity index (χ3n) is 2.96. The summed E-state index contributed by atoms with van der Waals surface area (Å²) in [6.45, 7) is 4.27. The van der Waals surface area contributed by atoms with Gasteiger partial charge in [0.25, 0.3) is 0 Å². The number of aryl methyl sites for hydroxylation is 1. The van der Waals surface area contributed by atoms with Crippen molar-refractivity contribution >= 4 is 17.3 Å². The summed E-state index contributed by atoms with van der Waals surface area (Å²) < 4.78 is 13.4. The van der Waals surface area contributed by atoms with E-state index in [1.807, 2.05) is 6.92 Å². The molecule has 1 amide bonds. The second-order valence-corrected chi connectivity index (χ2v) is 4.12. The summed E-state index contributed by atoms with van der Waals surface area (Å²) >= 11 is 0. The first-order chi connectivity index (χ1) is 7.61. The lowest BCUT2D eigenvalue weighted by atomic mass is 10.1. The van der Waals surface area contributed by atoms with Crippen molar-refractivity contribution in [3.63, 3.8) is 0 Å². The predicted molar refractivity (Wildman–Crippen MR) is 62.0 cm³/mol. The van der Waals surface area contributed by atoms with E-state index in [2.05, 4.69) is 10.6 Å². The van der Waals surface area contributed by atoms with Gasteiger partial charge >= 0.3 is 0 Å². The average Bonchev–Trinajstić information content (AvgIpc) is 2.38. The molecule has 2 N–H and O–H groups in total. The SMILES string of the molecule is CCC1CNc2cc(C)c(F)cc2NC1=O. The van der Waals surface area contributed by atoms with Crippen LogP contribution in [0, 0.1) is 18.7 Å². The highest BCUT2D eigenvalue weighted by Crippen LogP contribution is 2.28. The second kappa shape index (κ2) is 4.12. The number of halogens is 1. The number of fused-ring (bicyclic) bond motifs is 1. The van der Waals surface area contributed by atoms with Gasteiger partial charge in [0.1, 0.15) is 5.82 Å². The summed E-state index contributed by atoms with van der Waals surface area (Å²) in [6.07, 6.45) is 0.772. The van der Waals surface area contributed by atoms with E-state index >= 15 is 0 Å². The Kier molecular flexibility index (Phi) is 2.81. The van der Waals surface area contributed by atoms with Crippen molar-refractivity contribution in [1.82, 2.24) is 0 Å². The molecule has 0 fully saturated rings. The van der Waals surface area contributed by atoms with Crippen LogP contribution in [-0.4, -0.2) is 12.5 Å². The zero-order chi connectivity index (χ0) is 11.7. The molecule has 1 heterocycles. The molecule has 16 heavy (non-hydrogen) atoms. The van der Waals surface area contributed by atoms with Crippen LogP contribution in [0.25, 0.3) is 0 Å². The van der Waals surface area contributed by atoms with E-state index in [1.165, 1.54) is 6.07 Å². The molecular weight excluding hydrogens is 207 g/mol. The number of nitrogens with one attached hydrogen (secondary N) is 2. The molecule has 0 aromatic heterocycles. The Morgan fingerprint density at radius 3 is 2.88 bits per heavy atom. The lowest BCUT2D eigenvalue weighted by molar-refractivity contribution is -0.119. The summed E-state index contributed by atoms with van der Waals surface area (Å²) in [7, 11) is 0. The Hall–Kier alpha value is -1.58. The maximum atomic E-state index is 13.4. The van der Waals surface area contributed by atoms with Crippen LogP contribution >= 0.6 is 0 Å². The fourth-order valence-corrected chi connectivity index (χ4v) is 1.82. The highest BCUT2D eigenvalue weighted by Gasteiger charge is 2.22. The molecule has 0 aliphatic carbocycles. The van der Waals surface area contributed by atoms with E-state index < -0.39 is 0 Å². The molecule has 0 saturated carbocycles. The Balaban J connectivity index is 2.37. The number of hydrogen-bond acceptors (Lipinski definition) is 2. The number of amides is 1. The number of anilines is 2. The number of benzene rings is 1. The van der Waals surface area contributed by atoms with E-state index in [-0.39, 0.29) is 17.6 Å². The fraction of sp³-hybridized carbons (Fsp3) is 0.417. The summed E-state index contributed by atoms with van der Waals surface area (Å²) in [5.41, 5.74) is 1.91. The van der Waals surface area contributed by atoms with Gasteiger partial charge in [0.2, 0.25) is 5.91 Å². The number of hydrogen-bond donors (Lipinski definition) is 2. The molecule has 0 spiro atoms. The Morgan fingerprint density at radius 1 is 1.44 bits per heavy atom. The van der Waals surface area contributed by atoms with E-state index in [0.717, 1.165) is 12.1 Å². The lowest BCUT2D eigenvalue weighted by Crippen LogP contribution is -2.24. The molecule has 2 rings (SSSR count). The highest BCUT2D eigenvalue weighted by molar-refractivity contribution is 5.97. The van der Waals surface area contributed by atoms with E-state index in [4.69, 9.17) is 0 Å². The van der Waals surface area contributed by atoms with Crippen molar-refractivity contribution in [1.29, 1.82) is 0 Å². The number of carbonyl (C=O) groups is 1. The normalized spacial score (nSPS) is 19.4. The van der Waals surface area contributed by atoms with Gasteiger partial charge in [-0.3, -0.25) is 4.79 Å². The Bertz CT molecular complexity index is 431. The number of carbonyl (C=O) groups excluding carboxylic acids is 1. The summed E-state index contributed by atoms with van der Waals surface area (Å²) in [4.78, 5) is 11.7. The molecule has 1 aliphatic rings. The quantitative estimate of drug-likeness (QED) is 0.766. The summed E-state index contributed by atoms with van der Waals surface area (Å²) in [6, 6.07) is 3.09. The molecule has 1 unspecified atom stereocenters. The maximum Gasteiger partial charge on any atom is 0.229 e. The standard InChI is InChI=1S/C12H15FN2O/c1-3-8-6-14-10-4-7(2)9(13)5-11(10)15-12(8)16/h4-5,8,14H,3,6H2,1-2H3,(H,15,16). The number of rotatable bonds is 1. The zero-order valence-electron chi connectivity index (χ0n) is 9.43. The van der Waals surface area contributed by atoms with Crippen LogP contribution in [0.5, 0.6) is 0 Å². The molecule has 4 heteroatoms. The molecular formula is C12H15FN2O. The molecule has 3 nitrogen and oxygen atoms in total. The topological polar surface area (TPSA) is 41.1 Å². The van der Waals surface area contributed by atoms with Crippen LogP contribution in [0.2, 0.25) is 0 Å². The largest absolute Gasteiger partial charge is 0.383 e. The molecule has 0 bridgehead atoms. The third kappa shape index (κ3) is 1.87. The van der Waals surface area contributed by atoms with Crippen molar-refractivity contribution in [2.45, 2.75) is 20.3 Å². The van der Waals surface area contributed by atoms with Crippen LogP contribution in [-0.2, 0) is 4.79 Å². The minimum atomic E-state index is -0.296. The lowest BCUT2D eigenvalue weighted by Gasteiger charge is -2.09. The van der Waals surface area contributed by atoms with E-state index in [0.29, 0.717) is 17.8 Å². The molecule has 1 aliphatic heterocycles. The van der Waals surface area contributed by atoms with Gasteiger partial charge in [-0.2, -0.15) is 0 Å². The van der Waals surface area contributed by atoms with E-state index in [1.54, 1.807) is 13.0 Å². The fourth-order valence-electron chi connectivity index (χ4n) is 1.82. The van der Waals surface area contributed by atoms with Gasteiger partial charge in [-0.25, -0.2) is 4.39 Å². The van der Waals surface area contributed by atoms with Gasteiger partial charge in [-0.15, -0.1) is 0 Å². The van der Waals surface area contributed by atoms with Crippen LogP contribution in [0.4, 0.5) is 15.8 Å². The van der Waals surface area contributed by atoms with Crippen molar-refractivity contribution in [2.75, 3.05) is 17.2 Å². The molecule has 0 saturated heterocycles. The molecule has 86 valence electrons. The first-order valence-electron chi connectivity index (χ1n) is 5.46. The summed E-state index contributed by atoms with van der Waals surface area (Å²) in [5.74, 6) is -0.399. The van der Waals surface area contributed by atoms with Gasteiger partial charge < -0.3 is 10.6 Å². The van der Waals surface area contributed by atoms with Crippen molar-refractivity contribution < 1.29 is 9.18 Å². The Labute approximate surface area is 94.0 Å². The van der Waals surface area contributed by atoms with Gasteiger partial charge in [0.05, 0.1) is 17.3 Å². The summed E-state index contributed by atoms with van der Waals surface area (Å²) in [5, 5.41) is 5.92. The van der Waals surface area contributed by atoms with Crippen LogP contribution in [0.1, 0.15) is 18.9 Å². The monoisotopic (exact) mass is 222 g/mol. The molecule has 1 aromatic rings. The maximum absolute atomic E-state index is 13.4. The zero-order valence-corrected chi connectivity index (χ0v) is 9.43.